The van der Waals surface area contributed by atoms with Gasteiger partial charge >= 0.3 is 6.03 Å². The molecule has 2 aromatic rings. The van der Waals surface area contributed by atoms with Gasteiger partial charge in [0.2, 0.25) is 9.84 Å². The molecule has 1 N–H and O–H groups in total. The number of pyridine rings is 1. The van der Waals surface area contributed by atoms with Gasteiger partial charge in [0, 0.05) is 18.3 Å². The van der Waals surface area contributed by atoms with Crippen molar-refractivity contribution in [3.05, 3.63) is 30.6 Å². The molecule has 2 heterocycles. The van der Waals surface area contributed by atoms with Crippen LogP contribution in [0.2, 0.25) is 0 Å². The normalized spacial score (nSPS) is 18.8. The number of hydrogen-bond donors (Lipinski definition) is 1. The molecule has 0 radical (unpaired) electrons. The molecule has 2 aliphatic carbocycles. The van der Waals surface area contributed by atoms with E-state index >= 15 is 0 Å². The Morgan fingerprint density at radius 3 is 2.17 bits per heavy atom. The second kappa shape index (κ2) is 9.43. The first-order valence-electron chi connectivity index (χ1n) is 10.8. The standard InChI is InChI=1S/C21H28N4O3S2/c26-21(25(16-9-3-1-4-10-16)17-11-5-2-6-12-17)24-20-23-15-19(29-20)30(27,28)18-13-7-8-14-22-18/h7-8,13-17H,1-6,9-12H2,(H,23,24,26). The summed E-state index contributed by atoms with van der Waals surface area (Å²) in [4.78, 5) is 23.4. The quantitative estimate of drug-likeness (QED) is 0.704. The van der Waals surface area contributed by atoms with Crippen molar-refractivity contribution < 1.29 is 13.2 Å². The first kappa shape index (κ1) is 21.2. The summed E-state index contributed by atoms with van der Waals surface area (Å²) in [5.74, 6) is 0. The molecular formula is C21H28N4O3S2. The highest BCUT2D eigenvalue weighted by atomic mass is 32.2. The van der Waals surface area contributed by atoms with Crippen molar-refractivity contribution in [3.63, 3.8) is 0 Å². The minimum Gasteiger partial charge on any atom is -0.319 e. The molecule has 0 unspecified atom stereocenters. The van der Waals surface area contributed by atoms with Crippen molar-refractivity contribution in [2.75, 3.05) is 5.32 Å². The third kappa shape index (κ3) is 4.67. The lowest BCUT2D eigenvalue weighted by Gasteiger charge is -2.41. The Hall–Kier alpha value is -2.00. The number of nitrogens with zero attached hydrogens (tertiary/aromatic N) is 3. The van der Waals surface area contributed by atoms with E-state index in [9.17, 15) is 13.2 Å². The molecule has 0 atom stereocenters. The number of thiazole rings is 1. The maximum atomic E-state index is 13.3. The Morgan fingerprint density at radius 1 is 0.967 bits per heavy atom. The summed E-state index contributed by atoms with van der Waals surface area (Å²) < 4.78 is 25.6. The van der Waals surface area contributed by atoms with E-state index in [1.54, 1.807) is 12.1 Å². The fourth-order valence-electron chi connectivity index (χ4n) is 4.55. The highest BCUT2D eigenvalue weighted by molar-refractivity contribution is 7.93. The van der Waals surface area contributed by atoms with E-state index in [2.05, 4.69) is 15.3 Å². The maximum absolute atomic E-state index is 13.3. The zero-order valence-corrected chi connectivity index (χ0v) is 18.6. The number of carbonyl (C=O) groups is 1. The van der Waals surface area contributed by atoms with Crippen LogP contribution in [0.3, 0.4) is 0 Å². The molecule has 0 spiro atoms. The number of hydrogen-bond acceptors (Lipinski definition) is 6. The minimum atomic E-state index is -3.74. The number of carbonyl (C=O) groups excluding carboxylic acids is 1. The molecule has 2 amide bonds. The van der Waals surface area contributed by atoms with Gasteiger partial charge in [-0.25, -0.2) is 23.2 Å². The largest absolute Gasteiger partial charge is 0.324 e. The van der Waals surface area contributed by atoms with Gasteiger partial charge in [0.05, 0.1) is 6.20 Å². The smallest absolute Gasteiger partial charge is 0.319 e. The van der Waals surface area contributed by atoms with Crippen LogP contribution in [0.4, 0.5) is 9.93 Å². The Kier molecular flexibility index (Phi) is 6.67. The van der Waals surface area contributed by atoms with Crippen LogP contribution in [0.5, 0.6) is 0 Å². The monoisotopic (exact) mass is 448 g/mol. The summed E-state index contributed by atoms with van der Waals surface area (Å²) >= 11 is 0.976. The molecule has 2 saturated carbocycles. The first-order chi connectivity index (χ1) is 14.6. The second-order valence-electron chi connectivity index (χ2n) is 8.08. The predicted molar refractivity (Wildman–Crippen MR) is 116 cm³/mol. The fourth-order valence-corrected chi connectivity index (χ4v) is 6.88. The summed E-state index contributed by atoms with van der Waals surface area (Å²) in [6.07, 6.45) is 14.0. The van der Waals surface area contributed by atoms with Gasteiger partial charge in [-0.2, -0.15) is 0 Å². The molecule has 30 heavy (non-hydrogen) atoms. The average Bonchev–Trinajstić information content (AvgIpc) is 3.25. The molecule has 7 nitrogen and oxygen atoms in total. The summed E-state index contributed by atoms with van der Waals surface area (Å²) in [6, 6.07) is 5.14. The number of nitrogens with one attached hydrogen (secondary N) is 1. The summed E-state index contributed by atoms with van der Waals surface area (Å²) in [6.45, 7) is 0. The van der Waals surface area contributed by atoms with E-state index in [1.807, 2.05) is 4.90 Å². The van der Waals surface area contributed by atoms with Gasteiger partial charge in [-0.05, 0) is 37.8 Å². The van der Waals surface area contributed by atoms with Crippen LogP contribution < -0.4 is 5.32 Å². The van der Waals surface area contributed by atoms with Crippen molar-refractivity contribution in [1.82, 2.24) is 14.9 Å². The van der Waals surface area contributed by atoms with Gasteiger partial charge in [-0.15, -0.1) is 0 Å². The summed E-state index contributed by atoms with van der Waals surface area (Å²) in [7, 11) is -3.74. The molecule has 9 heteroatoms. The molecule has 162 valence electrons. The van der Waals surface area contributed by atoms with Crippen molar-refractivity contribution in [1.29, 1.82) is 0 Å². The van der Waals surface area contributed by atoms with Crippen molar-refractivity contribution in [2.45, 2.75) is 85.5 Å². The van der Waals surface area contributed by atoms with Crippen LogP contribution >= 0.6 is 11.3 Å². The second-order valence-corrected chi connectivity index (χ2v) is 11.2. The zero-order chi connectivity index (χ0) is 21.0. The topological polar surface area (TPSA) is 92.3 Å². The van der Waals surface area contributed by atoms with E-state index in [-0.39, 0.29) is 27.3 Å². The van der Waals surface area contributed by atoms with Crippen molar-refractivity contribution >= 4 is 32.3 Å². The lowest BCUT2D eigenvalue weighted by Crippen LogP contribution is -2.50. The van der Waals surface area contributed by atoms with Gasteiger partial charge in [0.1, 0.15) is 4.21 Å². The molecule has 2 fully saturated rings. The van der Waals surface area contributed by atoms with E-state index in [0.717, 1.165) is 62.7 Å². The van der Waals surface area contributed by atoms with Crippen molar-refractivity contribution in [2.24, 2.45) is 0 Å². The van der Waals surface area contributed by atoms with Gasteiger partial charge in [-0.3, -0.25) is 5.32 Å². The van der Waals surface area contributed by atoms with Crippen LogP contribution in [0, 0.1) is 0 Å². The molecule has 2 aromatic heterocycles. The van der Waals surface area contributed by atoms with Gasteiger partial charge in [-0.1, -0.05) is 55.9 Å². The highest BCUT2D eigenvalue weighted by Crippen LogP contribution is 2.32. The van der Waals surface area contributed by atoms with Gasteiger partial charge < -0.3 is 4.90 Å². The zero-order valence-electron chi connectivity index (χ0n) is 17.0. The third-order valence-corrected chi connectivity index (χ3v) is 9.09. The average molecular weight is 449 g/mol. The number of amides is 2. The lowest BCUT2D eigenvalue weighted by atomic mass is 9.89. The van der Waals surface area contributed by atoms with Crippen LogP contribution in [0.1, 0.15) is 64.2 Å². The Balaban J connectivity index is 1.51. The van der Waals surface area contributed by atoms with Crippen LogP contribution in [0.25, 0.3) is 0 Å². The SMILES string of the molecule is O=C(Nc1ncc(S(=O)(=O)c2ccccn2)s1)N(C1CCCCC1)C1CCCCC1. The Labute approximate surface area is 181 Å². The van der Waals surface area contributed by atoms with Gasteiger partial charge in [0.25, 0.3) is 0 Å². The highest BCUT2D eigenvalue weighted by Gasteiger charge is 2.33. The van der Waals surface area contributed by atoms with E-state index in [4.69, 9.17) is 0 Å². The first-order valence-corrected chi connectivity index (χ1v) is 13.1. The molecular weight excluding hydrogens is 420 g/mol. The fraction of sp³-hybridized carbons (Fsp3) is 0.571. The minimum absolute atomic E-state index is 0.0161. The summed E-state index contributed by atoms with van der Waals surface area (Å²) in [5, 5.41) is 3.19. The Bertz CT molecular complexity index is 932. The van der Waals surface area contributed by atoms with E-state index < -0.39 is 9.84 Å². The third-order valence-electron chi connectivity index (χ3n) is 6.05. The van der Waals surface area contributed by atoms with Crippen molar-refractivity contribution in [3.8, 4) is 0 Å². The predicted octanol–water partition coefficient (Wildman–Crippen LogP) is 4.87. The molecule has 0 bridgehead atoms. The molecule has 4 rings (SSSR count). The van der Waals surface area contributed by atoms with Crippen LogP contribution in [-0.4, -0.2) is 41.4 Å². The number of urea groups is 1. The Morgan fingerprint density at radius 2 is 1.60 bits per heavy atom. The lowest BCUT2D eigenvalue weighted by molar-refractivity contribution is 0.114. The van der Waals surface area contributed by atoms with E-state index in [1.165, 1.54) is 31.3 Å². The number of sulfone groups is 1. The molecule has 0 aliphatic heterocycles. The number of anilines is 1. The summed E-state index contributed by atoms with van der Waals surface area (Å²) in [5.41, 5.74) is 0. The molecule has 2 aliphatic rings. The molecule has 0 aromatic carbocycles. The number of rotatable bonds is 5. The van der Waals surface area contributed by atoms with Crippen LogP contribution in [0.15, 0.2) is 39.8 Å². The number of aromatic nitrogens is 2. The van der Waals surface area contributed by atoms with Gasteiger partial charge in [0.15, 0.2) is 10.2 Å². The van der Waals surface area contributed by atoms with E-state index in [0.29, 0.717) is 5.13 Å². The molecule has 0 saturated heterocycles. The van der Waals surface area contributed by atoms with Crippen LogP contribution in [-0.2, 0) is 9.84 Å². The maximum Gasteiger partial charge on any atom is 0.324 e.